The van der Waals surface area contributed by atoms with Gasteiger partial charge in [0.15, 0.2) is 10.6 Å². The summed E-state index contributed by atoms with van der Waals surface area (Å²) in [6.45, 7) is 1.55. The van der Waals surface area contributed by atoms with Gasteiger partial charge in [-0.3, -0.25) is 14.2 Å². The number of hydrogen-bond donors (Lipinski definition) is 0. The maximum Gasteiger partial charge on any atom is 0.271 e. The number of carbonyl (C=O) groups excluding carboxylic acids is 1. The van der Waals surface area contributed by atoms with E-state index in [4.69, 9.17) is 14.1 Å². The molecular formula is C34H26N2O4S. The molecule has 0 N–H and O–H groups in total. The molecule has 6 nitrogen and oxygen atoms in total. The predicted octanol–water partition coefficient (Wildman–Crippen LogP) is 5.79. The summed E-state index contributed by atoms with van der Waals surface area (Å²) in [7, 11) is 1.65. The van der Waals surface area contributed by atoms with Crippen LogP contribution in [0.1, 0.15) is 52.2 Å². The molecule has 1 aliphatic carbocycles. The Morgan fingerprint density at radius 3 is 2.54 bits per heavy atom. The fraction of sp³-hybridized carbons (Fsp3) is 0.147. The van der Waals surface area contributed by atoms with Gasteiger partial charge in [-0.1, -0.05) is 72.0 Å². The number of thiazole rings is 1. The van der Waals surface area contributed by atoms with Gasteiger partial charge in [-0.2, -0.15) is 0 Å². The van der Waals surface area contributed by atoms with Gasteiger partial charge in [-0.25, -0.2) is 4.99 Å². The van der Waals surface area contributed by atoms with Crippen molar-refractivity contribution in [2.24, 2.45) is 4.99 Å². The normalized spacial score (nSPS) is 16.0. The number of rotatable bonds is 5. The minimum atomic E-state index is -0.255. The van der Waals surface area contributed by atoms with Crippen LogP contribution in [0, 0.1) is 0 Å². The smallest absolute Gasteiger partial charge is 0.271 e. The highest BCUT2D eigenvalue weighted by atomic mass is 32.1. The summed E-state index contributed by atoms with van der Waals surface area (Å²) in [6.07, 6.45) is 3.53. The molecule has 0 saturated carbocycles. The Hall–Kier alpha value is -4.75. The van der Waals surface area contributed by atoms with Gasteiger partial charge in [-0.05, 0) is 60.7 Å². The number of hydrogen-bond acceptors (Lipinski definition) is 6. The van der Waals surface area contributed by atoms with Crippen LogP contribution >= 0.6 is 11.3 Å². The summed E-state index contributed by atoms with van der Waals surface area (Å²) >= 11 is 1.38. The lowest BCUT2D eigenvalue weighted by Crippen LogP contribution is -2.38. The average Bonchev–Trinajstić information content (AvgIpc) is 3.60. The molecule has 202 valence electrons. The zero-order valence-electron chi connectivity index (χ0n) is 22.6. The molecule has 0 fully saturated rings. The molecule has 2 aliphatic rings. The van der Waals surface area contributed by atoms with E-state index in [-0.39, 0.29) is 17.4 Å². The molecule has 3 heterocycles. The quantitative estimate of drug-likeness (QED) is 0.256. The molecule has 0 bridgehead atoms. The van der Waals surface area contributed by atoms with Crippen molar-refractivity contribution in [2.45, 2.75) is 25.8 Å². The van der Waals surface area contributed by atoms with E-state index in [1.165, 1.54) is 16.9 Å². The van der Waals surface area contributed by atoms with E-state index >= 15 is 0 Å². The van der Waals surface area contributed by atoms with E-state index in [0.29, 0.717) is 26.4 Å². The van der Waals surface area contributed by atoms with Gasteiger partial charge >= 0.3 is 0 Å². The first-order valence-corrected chi connectivity index (χ1v) is 14.3. The highest BCUT2D eigenvalue weighted by Gasteiger charge is 2.32. The summed E-state index contributed by atoms with van der Waals surface area (Å²) in [6, 6.07) is 27.1. The largest absolute Gasteiger partial charge is 0.497 e. The number of benzene rings is 3. The first-order valence-electron chi connectivity index (χ1n) is 13.5. The SMILES string of the molecule is COc1ccc(C2C3=C(N=c4s/c(=C/c5ccc(-c6ccc(C(C)=O)cc6)o5)c(=O)n42)c2ccccc2CC3)cc1. The third kappa shape index (κ3) is 4.39. The van der Waals surface area contributed by atoms with Gasteiger partial charge in [0.1, 0.15) is 17.3 Å². The first-order chi connectivity index (χ1) is 20.0. The van der Waals surface area contributed by atoms with E-state index in [1.807, 2.05) is 59.2 Å². The molecular weight excluding hydrogens is 532 g/mol. The Morgan fingerprint density at radius 1 is 1.00 bits per heavy atom. The number of Topliss-reactive ketones (excluding diaryl/α,β-unsaturated/α-hetero) is 1. The second kappa shape index (κ2) is 10.0. The molecule has 2 aromatic heterocycles. The second-order valence-electron chi connectivity index (χ2n) is 10.2. The number of ether oxygens (including phenoxy) is 1. The number of fused-ring (bicyclic) bond motifs is 3. The molecule has 1 aliphatic heterocycles. The third-order valence-electron chi connectivity index (χ3n) is 7.78. The van der Waals surface area contributed by atoms with Crippen LogP contribution < -0.4 is 19.6 Å². The van der Waals surface area contributed by atoms with Crippen molar-refractivity contribution in [1.29, 1.82) is 0 Å². The molecule has 0 saturated heterocycles. The van der Waals surface area contributed by atoms with E-state index in [9.17, 15) is 9.59 Å². The van der Waals surface area contributed by atoms with Crippen LogP contribution in [0.3, 0.4) is 0 Å². The van der Waals surface area contributed by atoms with Crippen LogP contribution in [-0.2, 0) is 6.42 Å². The van der Waals surface area contributed by atoms with Gasteiger partial charge in [0.2, 0.25) is 0 Å². The number of allylic oxidation sites excluding steroid dienone is 1. The lowest BCUT2D eigenvalue weighted by molar-refractivity contribution is 0.101. The van der Waals surface area contributed by atoms with Crippen LogP contribution in [0.25, 0.3) is 23.1 Å². The topological polar surface area (TPSA) is 73.8 Å². The van der Waals surface area contributed by atoms with Crippen molar-refractivity contribution in [1.82, 2.24) is 4.57 Å². The Morgan fingerprint density at radius 2 is 1.78 bits per heavy atom. The number of furan rings is 1. The Bertz CT molecular complexity index is 2030. The number of carbonyl (C=O) groups is 1. The fourth-order valence-electron chi connectivity index (χ4n) is 5.69. The summed E-state index contributed by atoms with van der Waals surface area (Å²) in [5, 5.41) is 0. The fourth-order valence-corrected chi connectivity index (χ4v) is 6.67. The Balaban J connectivity index is 1.35. The van der Waals surface area contributed by atoms with Crippen molar-refractivity contribution in [2.75, 3.05) is 7.11 Å². The molecule has 7 rings (SSSR count). The second-order valence-corrected chi connectivity index (χ2v) is 11.2. The number of aromatic nitrogens is 1. The van der Waals surface area contributed by atoms with Gasteiger partial charge < -0.3 is 9.15 Å². The number of aryl methyl sites for hydroxylation is 1. The molecule has 3 aromatic carbocycles. The minimum absolute atomic E-state index is 0.0187. The molecule has 41 heavy (non-hydrogen) atoms. The number of ketones is 1. The lowest BCUT2D eigenvalue weighted by atomic mass is 9.83. The van der Waals surface area contributed by atoms with Gasteiger partial charge in [0, 0.05) is 22.8 Å². The summed E-state index contributed by atoms with van der Waals surface area (Å²) < 4.78 is 13.9. The van der Waals surface area contributed by atoms with Crippen LogP contribution in [0.15, 0.2) is 105 Å². The van der Waals surface area contributed by atoms with Crippen molar-refractivity contribution in [3.8, 4) is 17.1 Å². The van der Waals surface area contributed by atoms with E-state index in [0.717, 1.165) is 46.6 Å². The van der Waals surface area contributed by atoms with E-state index in [2.05, 4.69) is 18.2 Å². The van der Waals surface area contributed by atoms with Gasteiger partial charge in [-0.15, -0.1) is 0 Å². The minimum Gasteiger partial charge on any atom is -0.497 e. The summed E-state index contributed by atoms with van der Waals surface area (Å²) in [4.78, 5) is 31.4. The zero-order valence-corrected chi connectivity index (χ0v) is 23.4. The molecule has 0 radical (unpaired) electrons. The number of methoxy groups -OCH3 is 1. The molecule has 0 amide bonds. The van der Waals surface area contributed by atoms with Crippen LogP contribution in [-0.4, -0.2) is 17.5 Å². The van der Waals surface area contributed by atoms with E-state index in [1.54, 1.807) is 32.2 Å². The van der Waals surface area contributed by atoms with E-state index < -0.39 is 0 Å². The highest BCUT2D eigenvalue weighted by molar-refractivity contribution is 7.07. The zero-order chi connectivity index (χ0) is 28.1. The Kier molecular flexibility index (Phi) is 6.16. The standard InChI is InChI=1S/C34H26N2O4S/c1-20(37)21-7-9-23(10-8-21)29-18-16-26(40-29)19-30-33(38)36-32(24-11-14-25(39-2)15-12-24)28-17-13-22-5-3-4-6-27(22)31(28)35-34(36)41-30/h3-12,14-16,18-19,32H,13,17H2,1-2H3/b30-19+. The number of nitrogens with zero attached hydrogens (tertiary/aromatic N) is 2. The molecule has 5 aromatic rings. The molecule has 1 unspecified atom stereocenters. The molecule has 7 heteroatoms. The lowest BCUT2D eigenvalue weighted by Gasteiger charge is -2.30. The molecule has 1 atom stereocenters. The van der Waals surface area contributed by atoms with Gasteiger partial charge in [0.25, 0.3) is 5.56 Å². The molecule has 0 spiro atoms. The monoisotopic (exact) mass is 558 g/mol. The first kappa shape index (κ1) is 25.2. The maximum atomic E-state index is 14.0. The van der Waals surface area contributed by atoms with Crippen molar-refractivity contribution in [3.63, 3.8) is 0 Å². The van der Waals surface area contributed by atoms with Crippen molar-refractivity contribution in [3.05, 3.63) is 138 Å². The van der Waals surface area contributed by atoms with Crippen LogP contribution in [0.5, 0.6) is 5.75 Å². The van der Waals surface area contributed by atoms with Gasteiger partial charge in [0.05, 0.1) is 23.4 Å². The highest BCUT2D eigenvalue weighted by Crippen LogP contribution is 2.41. The summed E-state index contributed by atoms with van der Waals surface area (Å²) in [5.41, 5.74) is 6.98. The predicted molar refractivity (Wildman–Crippen MR) is 160 cm³/mol. The van der Waals surface area contributed by atoms with Crippen LogP contribution in [0.2, 0.25) is 0 Å². The van der Waals surface area contributed by atoms with Crippen molar-refractivity contribution < 1.29 is 13.9 Å². The Labute approximate surface area is 240 Å². The van der Waals surface area contributed by atoms with Crippen LogP contribution in [0.4, 0.5) is 0 Å². The average molecular weight is 559 g/mol. The summed E-state index contributed by atoms with van der Waals surface area (Å²) in [5.74, 6) is 2.04. The third-order valence-corrected chi connectivity index (χ3v) is 8.76. The van der Waals surface area contributed by atoms with Crippen molar-refractivity contribution >= 4 is 28.9 Å². The maximum absolute atomic E-state index is 14.0.